The van der Waals surface area contributed by atoms with Crippen LogP contribution in [-0.2, 0) is 13.2 Å². The summed E-state index contributed by atoms with van der Waals surface area (Å²) in [4.78, 5) is 21.0. The smallest absolute Gasteiger partial charge is 0.387 e. The summed E-state index contributed by atoms with van der Waals surface area (Å²) in [5.41, 5.74) is -0.0510. The molecule has 0 fully saturated rings. The molecule has 0 aliphatic rings. The van der Waals surface area contributed by atoms with E-state index in [1.54, 1.807) is 12.1 Å². The molecule has 2 N–H and O–H groups in total. The number of benzene rings is 2. The SMILES string of the molecule is COc1cc(/C=C\c2ccc(OC)c([N+](=O)[O-])c2[N+](=O)[O-])cc(CO)c1CO. The largest absolute Gasteiger partial charge is 0.496 e. The molecular weight excluding hydrogens is 372 g/mol. The van der Waals surface area contributed by atoms with Gasteiger partial charge in [-0.1, -0.05) is 6.08 Å². The number of hydrogen-bond donors (Lipinski definition) is 2. The first-order valence-electron chi connectivity index (χ1n) is 7.97. The molecule has 2 aromatic carbocycles. The highest BCUT2D eigenvalue weighted by Gasteiger charge is 2.32. The van der Waals surface area contributed by atoms with Gasteiger partial charge in [-0.2, -0.15) is 0 Å². The van der Waals surface area contributed by atoms with E-state index in [1.807, 2.05) is 0 Å². The zero-order valence-corrected chi connectivity index (χ0v) is 15.1. The van der Waals surface area contributed by atoms with Crippen molar-refractivity contribution in [3.05, 3.63) is 66.7 Å². The van der Waals surface area contributed by atoms with Gasteiger partial charge in [0.2, 0.25) is 5.75 Å². The Balaban J connectivity index is 2.60. The molecule has 0 spiro atoms. The Morgan fingerprint density at radius 1 is 0.929 bits per heavy atom. The lowest BCUT2D eigenvalue weighted by molar-refractivity contribution is -0.423. The molecule has 0 saturated carbocycles. The lowest BCUT2D eigenvalue weighted by Crippen LogP contribution is -2.01. The second-order valence-electron chi connectivity index (χ2n) is 5.58. The molecule has 28 heavy (non-hydrogen) atoms. The highest BCUT2D eigenvalue weighted by molar-refractivity contribution is 5.80. The highest BCUT2D eigenvalue weighted by Crippen LogP contribution is 2.40. The van der Waals surface area contributed by atoms with Crippen molar-refractivity contribution in [2.45, 2.75) is 13.2 Å². The van der Waals surface area contributed by atoms with E-state index < -0.39 is 21.2 Å². The van der Waals surface area contributed by atoms with Crippen LogP contribution in [0.1, 0.15) is 22.3 Å². The van der Waals surface area contributed by atoms with Crippen molar-refractivity contribution in [2.75, 3.05) is 14.2 Å². The molecule has 0 amide bonds. The Labute approximate surface area is 159 Å². The van der Waals surface area contributed by atoms with Crippen LogP contribution in [-0.4, -0.2) is 34.3 Å². The minimum atomic E-state index is -0.864. The van der Waals surface area contributed by atoms with Gasteiger partial charge in [0.25, 0.3) is 0 Å². The lowest BCUT2D eigenvalue weighted by atomic mass is 10.0. The van der Waals surface area contributed by atoms with Crippen molar-refractivity contribution in [1.29, 1.82) is 0 Å². The maximum Gasteiger partial charge on any atom is 0.387 e. The number of nitro benzene ring substituents is 2. The molecule has 10 nitrogen and oxygen atoms in total. The molecule has 0 unspecified atom stereocenters. The number of aliphatic hydroxyl groups is 2. The van der Waals surface area contributed by atoms with Crippen LogP contribution in [0.5, 0.6) is 11.5 Å². The summed E-state index contributed by atoms with van der Waals surface area (Å²) in [6, 6.07) is 5.77. The van der Waals surface area contributed by atoms with Crippen LogP contribution in [0.2, 0.25) is 0 Å². The van der Waals surface area contributed by atoms with Gasteiger partial charge < -0.3 is 19.7 Å². The minimum absolute atomic E-state index is 0.00764. The Morgan fingerprint density at radius 2 is 1.57 bits per heavy atom. The normalized spacial score (nSPS) is 10.9. The van der Waals surface area contributed by atoms with Crippen LogP contribution in [0.4, 0.5) is 11.4 Å². The predicted molar refractivity (Wildman–Crippen MR) is 100 cm³/mol. The zero-order chi connectivity index (χ0) is 20.8. The number of rotatable bonds is 8. The molecule has 2 rings (SSSR count). The van der Waals surface area contributed by atoms with Crippen molar-refractivity contribution in [3.63, 3.8) is 0 Å². The summed E-state index contributed by atoms with van der Waals surface area (Å²) in [5.74, 6) is 0.120. The second-order valence-corrected chi connectivity index (χ2v) is 5.58. The molecule has 0 aromatic heterocycles. The molecule has 0 aliphatic carbocycles. The third-order valence-electron chi connectivity index (χ3n) is 4.06. The minimum Gasteiger partial charge on any atom is -0.496 e. The van der Waals surface area contributed by atoms with Crippen LogP contribution >= 0.6 is 0 Å². The van der Waals surface area contributed by atoms with Gasteiger partial charge in [0.15, 0.2) is 0 Å². The molecule has 0 aliphatic heterocycles. The number of ether oxygens (including phenoxy) is 2. The fraction of sp³-hybridized carbons (Fsp3) is 0.222. The fourth-order valence-corrected chi connectivity index (χ4v) is 2.76. The Morgan fingerprint density at radius 3 is 2.07 bits per heavy atom. The van der Waals surface area contributed by atoms with Crippen molar-refractivity contribution in [1.82, 2.24) is 0 Å². The molecule has 148 valence electrons. The molecule has 2 aromatic rings. The monoisotopic (exact) mass is 390 g/mol. The Bertz CT molecular complexity index is 914. The molecule has 0 atom stereocenters. The van der Waals surface area contributed by atoms with E-state index in [0.29, 0.717) is 22.4 Å². The average Bonchev–Trinajstić information content (AvgIpc) is 2.69. The molecule has 0 radical (unpaired) electrons. The maximum atomic E-state index is 11.4. The summed E-state index contributed by atoms with van der Waals surface area (Å²) < 4.78 is 10.1. The number of hydrogen-bond acceptors (Lipinski definition) is 8. The van der Waals surface area contributed by atoms with Gasteiger partial charge in [-0.15, -0.1) is 0 Å². The van der Waals surface area contributed by atoms with E-state index in [1.165, 1.54) is 38.5 Å². The van der Waals surface area contributed by atoms with Gasteiger partial charge >= 0.3 is 11.4 Å². The molecular formula is C18H18N2O8. The Hall–Kier alpha value is -3.50. The standard InChI is InChI=1S/C18H18N2O8/c1-27-15-6-5-12(17(19(23)24)18(15)20(25)26)4-3-11-7-13(9-21)14(10-22)16(8-11)28-2/h3-8,21-22H,9-10H2,1-2H3/b4-3-. The fourth-order valence-electron chi connectivity index (χ4n) is 2.76. The van der Waals surface area contributed by atoms with Gasteiger partial charge in [-0.25, -0.2) is 0 Å². The predicted octanol–water partition coefficient (Wildman–Crippen LogP) is 2.68. The first kappa shape index (κ1) is 20.8. The topological polar surface area (TPSA) is 145 Å². The van der Waals surface area contributed by atoms with Gasteiger partial charge in [0.1, 0.15) is 5.75 Å². The van der Waals surface area contributed by atoms with Crippen LogP contribution in [0, 0.1) is 20.2 Å². The van der Waals surface area contributed by atoms with Crippen molar-refractivity contribution < 1.29 is 29.5 Å². The number of nitrogens with zero attached hydrogens (tertiary/aromatic N) is 2. The summed E-state index contributed by atoms with van der Waals surface area (Å²) in [6.07, 6.45) is 2.83. The van der Waals surface area contributed by atoms with Crippen molar-refractivity contribution >= 4 is 23.5 Å². The highest BCUT2D eigenvalue weighted by atomic mass is 16.6. The van der Waals surface area contributed by atoms with Crippen LogP contribution in [0.3, 0.4) is 0 Å². The maximum absolute atomic E-state index is 11.4. The van der Waals surface area contributed by atoms with E-state index >= 15 is 0 Å². The van der Waals surface area contributed by atoms with Gasteiger partial charge in [0.05, 0.1) is 42.8 Å². The number of aliphatic hydroxyl groups excluding tert-OH is 2. The van der Waals surface area contributed by atoms with Gasteiger partial charge in [0, 0.05) is 5.56 Å². The van der Waals surface area contributed by atoms with Crippen LogP contribution < -0.4 is 9.47 Å². The quantitative estimate of drug-likeness (QED) is 0.397. The van der Waals surface area contributed by atoms with Crippen molar-refractivity contribution in [3.8, 4) is 11.5 Å². The summed E-state index contributed by atoms with van der Waals surface area (Å²) >= 11 is 0. The van der Waals surface area contributed by atoms with E-state index in [4.69, 9.17) is 9.47 Å². The molecule has 0 heterocycles. The molecule has 0 bridgehead atoms. The second kappa shape index (κ2) is 8.93. The molecule has 0 saturated heterocycles. The van der Waals surface area contributed by atoms with E-state index in [-0.39, 0.29) is 24.5 Å². The van der Waals surface area contributed by atoms with Crippen LogP contribution in [0.25, 0.3) is 12.2 Å². The van der Waals surface area contributed by atoms with Crippen molar-refractivity contribution in [2.24, 2.45) is 0 Å². The van der Waals surface area contributed by atoms with E-state index in [0.717, 1.165) is 0 Å². The summed E-state index contributed by atoms with van der Waals surface area (Å²) in [6.45, 7) is -0.679. The van der Waals surface area contributed by atoms with Gasteiger partial charge in [-0.3, -0.25) is 20.2 Å². The first-order valence-corrected chi connectivity index (χ1v) is 7.97. The van der Waals surface area contributed by atoms with E-state index in [9.17, 15) is 30.4 Å². The number of methoxy groups -OCH3 is 2. The average molecular weight is 390 g/mol. The Kier molecular flexibility index (Phi) is 6.64. The summed E-state index contributed by atoms with van der Waals surface area (Å²) in [5, 5.41) is 41.7. The van der Waals surface area contributed by atoms with Gasteiger partial charge in [-0.05, 0) is 41.5 Å². The third kappa shape index (κ3) is 4.08. The van der Waals surface area contributed by atoms with Crippen LogP contribution in [0.15, 0.2) is 24.3 Å². The molecule has 10 heteroatoms. The third-order valence-corrected chi connectivity index (χ3v) is 4.06. The first-order chi connectivity index (χ1) is 13.4. The zero-order valence-electron chi connectivity index (χ0n) is 15.1. The lowest BCUT2D eigenvalue weighted by Gasteiger charge is -2.12. The summed E-state index contributed by atoms with van der Waals surface area (Å²) in [7, 11) is 2.59. The number of nitro groups is 2. The van der Waals surface area contributed by atoms with E-state index in [2.05, 4.69) is 0 Å².